The van der Waals surface area contributed by atoms with Gasteiger partial charge in [0.25, 0.3) is 10.1 Å². The lowest BCUT2D eigenvalue weighted by atomic mass is 10.2. The van der Waals surface area contributed by atoms with Crippen LogP contribution < -0.4 is 0 Å². The van der Waals surface area contributed by atoms with Crippen molar-refractivity contribution in [2.45, 2.75) is 18.2 Å². The molecule has 0 atom stereocenters. The van der Waals surface area contributed by atoms with Gasteiger partial charge in [-0.15, -0.1) is 6.58 Å². The maximum atomic E-state index is 11.9. The SMILES string of the molecule is C=CCOCCCOS(=O)(=O)c1cc(O)ccc1C. The number of aromatic hydroxyl groups is 1. The van der Waals surface area contributed by atoms with Gasteiger partial charge in [-0.25, -0.2) is 0 Å². The number of phenolic OH excluding ortho intramolecular Hbond substituents is 1. The highest BCUT2D eigenvalue weighted by molar-refractivity contribution is 7.86. The fourth-order valence-corrected chi connectivity index (χ4v) is 2.61. The monoisotopic (exact) mass is 286 g/mol. The molecule has 19 heavy (non-hydrogen) atoms. The number of hydrogen-bond acceptors (Lipinski definition) is 5. The summed E-state index contributed by atoms with van der Waals surface area (Å²) < 4.78 is 33.8. The summed E-state index contributed by atoms with van der Waals surface area (Å²) in [5.41, 5.74) is 0.528. The van der Waals surface area contributed by atoms with Crippen molar-refractivity contribution in [2.75, 3.05) is 19.8 Å². The van der Waals surface area contributed by atoms with Crippen LogP contribution >= 0.6 is 0 Å². The summed E-state index contributed by atoms with van der Waals surface area (Å²) in [6.45, 7) is 6.01. The van der Waals surface area contributed by atoms with Crippen molar-refractivity contribution in [1.82, 2.24) is 0 Å². The second kappa shape index (κ2) is 7.28. The number of hydrogen-bond donors (Lipinski definition) is 1. The van der Waals surface area contributed by atoms with Gasteiger partial charge in [0.05, 0.1) is 13.2 Å². The fourth-order valence-electron chi connectivity index (χ4n) is 1.42. The molecule has 106 valence electrons. The van der Waals surface area contributed by atoms with Crippen LogP contribution in [0.1, 0.15) is 12.0 Å². The Morgan fingerprint density at radius 1 is 1.37 bits per heavy atom. The summed E-state index contributed by atoms with van der Waals surface area (Å²) in [5, 5.41) is 9.32. The third kappa shape index (κ3) is 5.02. The first-order chi connectivity index (χ1) is 8.97. The van der Waals surface area contributed by atoms with E-state index in [4.69, 9.17) is 8.92 Å². The van der Waals surface area contributed by atoms with Crippen LogP contribution in [0.25, 0.3) is 0 Å². The lowest BCUT2D eigenvalue weighted by Gasteiger charge is -2.08. The molecule has 0 aliphatic heterocycles. The largest absolute Gasteiger partial charge is 0.508 e. The summed E-state index contributed by atoms with van der Waals surface area (Å²) in [4.78, 5) is -0.0143. The van der Waals surface area contributed by atoms with Crippen molar-refractivity contribution in [2.24, 2.45) is 0 Å². The molecule has 1 rings (SSSR count). The van der Waals surface area contributed by atoms with Crippen LogP contribution in [0.3, 0.4) is 0 Å². The third-order valence-electron chi connectivity index (χ3n) is 2.35. The van der Waals surface area contributed by atoms with E-state index in [9.17, 15) is 13.5 Å². The van der Waals surface area contributed by atoms with E-state index in [2.05, 4.69) is 6.58 Å². The highest BCUT2D eigenvalue weighted by atomic mass is 32.2. The number of aryl methyl sites for hydroxylation is 1. The summed E-state index contributed by atoms with van der Waals surface area (Å²) in [5.74, 6) is -0.109. The highest BCUT2D eigenvalue weighted by Gasteiger charge is 2.18. The van der Waals surface area contributed by atoms with Crippen molar-refractivity contribution >= 4 is 10.1 Å². The average Bonchev–Trinajstić information content (AvgIpc) is 2.36. The molecule has 6 heteroatoms. The molecule has 0 heterocycles. The Morgan fingerprint density at radius 2 is 2.11 bits per heavy atom. The van der Waals surface area contributed by atoms with E-state index in [-0.39, 0.29) is 17.3 Å². The molecule has 0 bridgehead atoms. The van der Waals surface area contributed by atoms with Gasteiger partial charge in [-0.3, -0.25) is 4.18 Å². The summed E-state index contributed by atoms with van der Waals surface area (Å²) in [6.07, 6.45) is 2.08. The van der Waals surface area contributed by atoms with Crippen molar-refractivity contribution in [1.29, 1.82) is 0 Å². The minimum absolute atomic E-state index is 0.0143. The van der Waals surface area contributed by atoms with Crippen molar-refractivity contribution in [3.8, 4) is 5.75 Å². The smallest absolute Gasteiger partial charge is 0.297 e. The molecule has 0 spiro atoms. The summed E-state index contributed by atoms with van der Waals surface area (Å²) in [6, 6.07) is 4.13. The van der Waals surface area contributed by atoms with E-state index in [1.807, 2.05) is 0 Å². The predicted octanol–water partition coefficient (Wildman–Crippen LogP) is 2.00. The maximum Gasteiger partial charge on any atom is 0.297 e. The van der Waals surface area contributed by atoms with Crippen LogP contribution in [0.4, 0.5) is 0 Å². The van der Waals surface area contributed by atoms with Crippen LogP contribution in [0.5, 0.6) is 5.75 Å². The topological polar surface area (TPSA) is 72.8 Å². The van der Waals surface area contributed by atoms with Gasteiger partial charge in [-0.2, -0.15) is 8.42 Å². The highest BCUT2D eigenvalue weighted by Crippen LogP contribution is 2.22. The number of rotatable bonds is 8. The molecule has 0 unspecified atom stereocenters. The Morgan fingerprint density at radius 3 is 2.79 bits per heavy atom. The molecule has 0 aromatic heterocycles. The van der Waals surface area contributed by atoms with Gasteiger partial charge in [0, 0.05) is 12.7 Å². The molecule has 1 aromatic carbocycles. The van der Waals surface area contributed by atoms with Gasteiger partial charge in [0.15, 0.2) is 0 Å². The van der Waals surface area contributed by atoms with Gasteiger partial charge in [0.1, 0.15) is 10.6 Å². The Hall–Kier alpha value is -1.37. The first-order valence-corrected chi connectivity index (χ1v) is 7.26. The van der Waals surface area contributed by atoms with Crippen LogP contribution in [-0.2, 0) is 19.0 Å². The molecular formula is C13H18O5S. The minimum Gasteiger partial charge on any atom is -0.508 e. The molecule has 0 fully saturated rings. The third-order valence-corrected chi connectivity index (χ3v) is 3.80. The summed E-state index contributed by atoms with van der Waals surface area (Å²) in [7, 11) is -3.84. The quantitative estimate of drug-likeness (QED) is 0.449. The zero-order valence-electron chi connectivity index (χ0n) is 10.8. The second-order valence-corrected chi connectivity index (χ2v) is 5.53. The van der Waals surface area contributed by atoms with Gasteiger partial charge in [-0.1, -0.05) is 12.1 Å². The minimum atomic E-state index is -3.84. The van der Waals surface area contributed by atoms with Crippen LogP contribution in [0.2, 0.25) is 0 Å². The molecule has 0 amide bonds. The Labute approximate surface area is 113 Å². The normalized spacial score (nSPS) is 11.4. The standard InChI is InChI=1S/C13H18O5S/c1-3-7-17-8-4-9-18-19(15,16)13-10-12(14)6-5-11(13)2/h3,5-6,10,14H,1,4,7-9H2,2H3. The molecule has 0 radical (unpaired) electrons. The predicted molar refractivity (Wildman–Crippen MR) is 71.6 cm³/mol. The molecule has 1 N–H and O–H groups in total. The molecule has 0 aliphatic rings. The zero-order chi connectivity index (χ0) is 14.3. The molecule has 0 aliphatic carbocycles. The second-order valence-electron chi connectivity index (χ2n) is 3.94. The Bertz CT molecular complexity index is 522. The molecule has 0 saturated heterocycles. The molecule has 1 aromatic rings. The zero-order valence-corrected chi connectivity index (χ0v) is 11.6. The van der Waals surface area contributed by atoms with Crippen molar-refractivity contribution in [3.05, 3.63) is 36.4 Å². The lowest BCUT2D eigenvalue weighted by molar-refractivity contribution is 0.144. The lowest BCUT2D eigenvalue weighted by Crippen LogP contribution is -2.10. The van der Waals surface area contributed by atoms with Crippen LogP contribution in [0, 0.1) is 6.92 Å². The first-order valence-electron chi connectivity index (χ1n) is 5.85. The van der Waals surface area contributed by atoms with Gasteiger partial charge >= 0.3 is 0 Å². The van der Waals surface area contributed by atoms with E-state index in [0.29, 0.717) is 25.2 Å². The molecule has 0 saturated carbocycles. The van der Waals surface area contributed by atoms with Crippen molar-refractivity contribution in [3.63, 3.8) is 0 Å². The van der Waals surface area contributed by atoms with E-state index < -0.39 is 10.1 Å². The van der Waals surface area contributed by atoms with Crippen LogP contribution in [-0.4, -0.2) is 33.3 Å². The van der Waals surface area contributed by atoms with E-state index >= 15 is 0 Å². The van der Waals surface area contributed by atoms with Gasteiger partial charge in [-0.05, 0) is 25.0 Å². The molecule has 5 nitrogen and oxygen atoms in total. The Kier molecular flexibility index (Phi) is 6.01. The maximum absolute atomic E-state index is 11.9. The van der Waals surface area contributed by atoms with Crippen LogP contribution in [0.15, 0.2) is 35.7 Å². The average molecular weight is 286 g/mol. The van der Waals surface area contributed by atoms with Gasteiger partial charge in [0.2, 0.25) is 0 Å². The van der Waals surface area contributed by atoms with E-state index in [0.717, 1.165) is 0 Å². The van der Waals surface area contributed by atoms with E-state index in [1.54, 1.807) is 13.0 Å². The number of phenols is 1. The Balaban J connectivity index is 2.56. The van der Waals surface area contributed by atoms with Gasteiger partial charge < -0.3 is 9.84 Å². The summed E-state index contributed by atoms with van der Waals surface area (Å²) >= 11 is 0. The van der Waals surface area contributed by atoms with Crippen molar-refractivity contribution < 1.29 is 22.4 Å². The fraction of sp³-hybridized carbons (Fsp3) is 0.385. The molecular weight excluding hydrogens is 268 g/mol. The first kappa shape index (κ1) is 15.7. The number of benzene rings is 1. The van der Waals surface area contributed by atoms with E-state index in [1.165, 1.54) is 18.2 Å². The number of ether oxygens (including phenoxy) is 1.